The van der Waals surface area contributed by atoms with E-state index in [1.807, 2.05) is 0 Å². The van der Waals surface area contributed by atoms with E-state index in [0.29, 0.717) is 30.3 Å². The fourth-order valence-corrected chi connectivity index (χ4v) is 4.27. The zero-order chi connectivity index (χ0) is 19.9. The molecule has 2 N–H and O–H groups in total. The van der Waals surface area contributed by atoms with E-state index >= 15 is 0 Å². The minimum atomic E-state index is -0.169. The lowest BCUT2D eigenvalue weighted by Gasteiger charge is -2.32. The van der Waals surface area contributed by atoms with Crippen molar-refractivity contribution in [1.82, 2.24) is 10.2 Å². The highest BCUT2D eigenvalue weighted by Crippen LogP contribution is 2.24. The Morgan fingerprint density at radius 1 is 1.07 bits per heavy atom. The Labute approximate surface area is 167 Å². The van der Waals surface area contributed by atoms with Crippen LogP contribution in [0.5, 0.6) is 0 Å². The number of hydrogen-bond donors (Lipinski definition) is 2. The fraction of sp³-hybridized carbons (Fsp3) is 0.591. The summed E-state index contributed by atoms with van der Waals surface area (Å²) in [6, 6.07) is 6.96. The normalized spacial score (nSPS) is 20.5. The summed E-state index contributed by atoms with van der Waals surface area (Å²) in [5.74, 6) is 0.291. The van der Waals surface area contributed by atoms with Crippen LogP contribution in [-0.4, -0.2) is 42.3 Å². The van der Waals surface area contributed by atoms with Gasteiger partial charge in [-0.15, -0.1) is 0 Å². The van der Waals surface area contributed by atoms with Crippen LogP contribution in [0.4, 0.5) is 5.69 Å². The maximum atomic E-state index is 12.9. The molecule has 6 nitrogen and oxygen atoms in total. The average molecular weight is 386 g/mol. The number of carbonyl (C=O) groups is 3. The molecule has 1 aromatic rings. The maximum absolute atomic E-state index is 12.9. The number of nitrogens with one attached hydrogen (secondary N) is 2. The molecule has 0 bridgehead atoms. The van der Waals surface area contributed by atoms with Crippen molar-refractivity contribution >= 4 is 23.4 Å². The molecule has 2 fully saturated rings. The lowest BCUT2D eigenvalue weighted by Crippen LogP contribution is -2.46. The highest BCUT2D eigenvalue weighted by Gasteiger charge is 2.29. The molecule has 1 heterocycles. The molecule has 0 spiro atoms. The Hall–Kier alpha value is -2.37. The Morgan fingerprint density at radius 3 is 2.61 bits per heavy atom. The van der Waals surface area contributed by atoms with Gasteiger partial charge in [0.2, 0.25) is 11.8 Å². The van der Waals surface area contributed by atoms with Crippen molar-refractivity contribution in [1.29, 1.82) is 0 Å². The predicted octanol–water partition coefficient (Wildman–Crippen LogP) is 3.19. The molecular weight excluding hydrogens is 354 g/mol. The van der Waals surface area contributed by atoms with E-state index in [1.54, 1.807) is 29.2 Å². The fourth-order valence-electron chi connectivity index (χ4n) is 4.27. The molecule has 0 unspecified atom stereocenters. The molecule has 1 aromatic carbocycles. The first-order valence-corrected chi connectivity index (χ1v) is 10.5. The van der Waals surface area contributed by atoms with Gasteiger partial charge in [-0.05, 0) is 49.8 Å². The number of anilines is 1. The summed E-state index contributed by atoms with van der Waals surface area (Å²) in [4.78, 5) is 38.5. The second-order valence-electron chi connectivity index (χ2n) is 8.10. The lowest BCUT2D eigenvalue weighted by atomic mass is 9.89. The van der Waals surface area contributed by atoms with Crippen LogP contribution in [-0.2, 0) is 9.59 Å². The molecule has 0 radical (unpaired) electrons. The molecule has 152 valence electrons. The van der Waals surface area contributed by atoms with E-state index in [0.717, 1.165) is 19.4 Å². The Kier molecular flexibility index (Phi) is 7.06. The molecule has 3 rings (SSSR count). The third-order valence-electron chi connectivity index (χ3n) is 5.80. The first kappa shape index (κ1) is 20.4. The standard InChI is InChI=1S/C22H31N3O3/c1-16(26)24-20-11-5-9-18(13-20)22(28)25-12-6-10-19(15-25)21(27)23-14-17-7-3-2-4-8-17/h5,9,11,13,17,19H,2-4,6-8,10,12,14-15H2,1H3,(H,23,27)(H,24,26)/t19-/m1/s1. The lowest BCUT2D eigenvalue weighted by molar-refractivity contribution is -0.126. The van der Waals surface area contributed by atoms with Crippen LogP contribution in [0.15, 0.2) is 24.3 Å². The zero-order valence-electron chi connectivity index (χ0n) is 16.7. The van der Waals surface area contributed by atoms with Crippen LogP contribution in [0.25, 0.3) is 0 Å². The molecule has 28 heavy (non-hydrogen) atoms. The summed E-state index contributed by atoms with van der Waals surface area (Å²) in [5.41, 5.74) is 1.15. The number of amides is 3. The molecule has 1 aliphatic heterocycles. The van der Waals surface area contributed by atoms with Gasteiger partial charge in [0.1, 0.15) is 0 Å². The van der Waals surface area contributed by atoms with E-state index in [-0.39, 0.29) is 23.6 Å². The zero-order valence-corrected chi connectivity index (χ0v) is 16.7. The molecule has 3 amide bonds. The van der Waals surface area contributed by atoms with Crippen LogP contribution >= 0.6 is 0 Å². The van der Waals surface area contributed by atoms with Crippen molar-refractivity contribution < 1.29 is 14.4 Å². The molecule has 0 aromatic heterocycles. The van der Waals surface area contributed by atoms with Crippen molar-refractivity contribution in [3.05, 3.63) is 29.8 Å². The van der Waals surface area contributed by atoms with Gasteiger partial charge in [-0.1, -0.05) is 25.3 Å². The number of benzene rings is 1. The van der Waals surface area contributed by atoms with E-state index in [1.165, 1.54) is 39.0 Å². The quantitative estimate of drug-likeness (QED) is 0.817. The van der Waals surface area contributed by atoms with Gasteiger partial charge < -0.3 is 15.5 Å². The average Bonchev–Trinajstić information content (AvgIpc) is 2.72. The second kappa shape index (κ2) is 9.71. The van der Waals surface area contributed by atoms with Crippen LogP contribution in [0.1, 0.15) is 62.2 Å². The summed E-state index contributed by atoms with van der Waals surface area (Å²) in [6.07, 6.45) is 7.92. The number of piperidine rings is 1. The van der Waals surface area contributed by atoms with Gasteiger partial charge in [-0.25, -0.2) is 0 Å². The molecular formula is C22H31N3O3. The molecule has 1 aliphatic carbocycles. The largest absolute Gasteiger partial charge is 0.356 e. The predicted molar refractivity (Wildman–Crippen MR) is 109 cm³/mol. The van der Waals surface area contributed by atoms with Gasteiger partial charge in [-0.3, -0.25) is 14.4 Å². The minimum Gasteiger partial charge on any atom is -0.356 e. The maximum Gasteiger partial charge on any atom is 0.253 e. The van der Waals surface area contributed by atoms with Gasteiger partial charge in [0.05, 0.1) is 5.92 Å². The van der Waals surface area contributed by atoms with Crippen LogP contribution in [0.3, 0.4) is 0 Å². The van der Waals surface area contributed by atoms with E-state index in [9.17, 15) is 14.4 Å². The Morgan fingerprint density at radius 2 is 1.86 bits per heavy atom. The molecule has 1 saturated heterocycles. The van der Waals surface area contributed by atoms with Gasteiger partial charge in [0.15, 0.2) is 0 Å². The third kappa shape index (κ3) is 5.57. The summed E-state index contributed by atoms with van der Waals surface area (Å²) >= 11 is 0. The number of rotatable bonds is 5. The van der Waals surface area contributed by atoms with Gasteiger partial charge >= 0.3 is 0 Å². The van der Waals surface area contributed by atoms with Crippen molar-refractivity contribution in [2.75, 3.05) is 25.0 Å². The second-order valence-corrected chi connectivity index (χ2v) is 8.10. The van der Waals surface area contributed by atoms with Crippen LogP contribution in [0, 0.1) is 11.8 Å². The summed E-state index contributed by atoms with van der Waals surface area (Å²) in [5, 5.41) is 5.83. The van der Waals surface area contributed by atoms with Gasteiger partial charge in [0, 0.05) is 37.8 Å². The first-order valence-electron chi connectivity index (χ1n) is 10.5. The Bertz CT molecular complexity index is 713. The number of carbonyl (C=O) groups excluding carboxylic acids is 3. The van der Waals surface area contributed by atoms with Crippen molar-refractivity contribution in [2.45, 2.75) is 51.9 Å². The first-order chi connectivity index (χ1) is 13.5. The minimum absolute atomic E-state index is 0.0788. The van der Waals surface area contributed by atoms with Gasteiger partial charge in [-0.2, -0.15) is 0 Å². The summed E-state index contributed by atoms with van der Waals surface area (Å²) in [6.45, 7) is 3.33. The van der Waals surface area contributed by atoms with Crippen molar-refractivity contribution in [3.8, 4) is 0 Å². The number of nitrogens with zero attached hydrogens (tertiary/aromatic N) is 1. The smallest absolute Gasteiger partial charge is 0.253 e. The number of hydrogen-bond acceptors (Lipinski definition) is 3. The topological polar surface area (TPSA) is 78.5 Å². The monoisotopic (exact) mass is 385 g/mol. The highest BCUT2D eigenvalue weighted by molar-refractivity contribution is 5.97. The third-order valence-corrected chi connectivity index (χ3v) is 5.80. The molecule has 6 heteroatoms. The summed E-state index contributed by atoms with van der Waals surface area (Å²) < 4.78 is 0. The van der Waals surface area contributed by atoms with Crippen LogP contribution in [0.2, 0.25) is 0 Å². The number of likely N-dealkylation sites (tertiary alicyclic amines) is 1. The van der Waals surface area contributed by atoms with Crippen molar-refractivity contribution in [2.24, 2.45) is 11.8 Å². The summed E-state index contributed by atoms with van der Waals surface area (Å²) in [7, 11) is 0. The molecule has 2 aliphatic rings. The molecule has 1 saturated carbocycles. The van der Waals surface area contributed by atoms with E-state index in [2.05, 4.69) is 10.6 Å². The van der Waals surface area contributed by atoms with Crippen molar-refractivity contribution in [3.63, 3.8) is 0 Å². The van der Waals surface area contributed by atoms with E-state index in [4.69, 9.17) is 0 Å². The van der Waals surface area contributed by atoms with Gasteiger partial charge in [0.25, 0.3) is 5.91 Å². The SMILES string of the molecule is CC(=O)Nc1cccc(C(=O)N2CCC[C@@H](C(=O)NCC3CCCCC3)C2)c1. The Balaban J connectivity index is 1.55. The molecule has 1 atom stereocenters. The van der Waals surface area contributed by atoms with Crippen LogP contribution < -0.4 is 10.6 Å². The van der Waals surface area contributed by atoms with E-state index < -0.39 is 0 Å². The highest BCUT2D eigenvalue weighted by atomic mass is 16.2.